The highest BCUT2D eigenvalue weighted by Gasteiger charge is 2.34. The van der Waals surface area contributed by atoms with Crippen LogP contribution in [0.5, 0.6) is 0 Å². The number of hydrogen-bond donors (Lipinski definition) is 1. The number of piperidine rings is 1. The molecule has 1 aliphatic rings. The Hall–Kier alpha value is -1.77. The fraction of sp³-hybridized carbons (Fsp3) is 0.409. The van der Waals surface area contributed by atoms with Gasteiger partial charge < -0.3 is 5.32 Å². The van der Waals surface area contributed by atoms with E-state index in [1.54, 1.807) is 6.07 Å². The third kappa shape index (κ3) is 4.45. The molecule has 0 unspecified atom stereocenters. The number of benzene rings is 2. The van der Waals surface area contributed by atoms with E-state index in [0.29, 0.717) is 22.2 Å². The second-order valence-electron chi connectivity index (χ2n) is 7.88. The minimum Gasteiger partial charge on any atom is -0.323 e. The van der Waals surface area contributed by atoms with Crippen molar-refractivity contribution >= 4 is 37.5 Å². The van der Waals surface area contributed by atoms with Gasteiger partial charge in [0.15, 0.2) is 0 Å². The molecule has 0 aliphatic carbocycles. The number of rotatable bonds is 4. The smallest absolute Gasteiger partial charge is 0.243 e. The minimum atomic E-state index is -3.65. The Kier molecular flexibility index (Phi) is 6.69. The van der Waals surface area contributed by atoms with Crippen molar-refractivity contribution < 1.29 is 17.6 Å². The summed E-state index contributed by atoms with van der Waals surface area (Å²) in [5, 5.41) is 2.62. The number of amides is 1. The molecule has 1 aliphatic heterocycles. The summed E-state index contributed by atoms with van der Waals surface area (Å²) in [6.07, 6.45) is 0.790. The minimum absolute atomic E-state index is 0.125. The van der Waals surface area contributed by atoms with E-state index in [2.05, 4.69) is 21.2 Å². The number of hydrogen-bond acceptors (Lipinski definition) is 3. The van der Waals surface area contributed by atoms with Gasteiger partial charge in [-0.2, -0.15) is 4.31 Å². The van der Waals surface area contributed by atoms with Crippen LogP contribution in [0.1, 0.15) is 35.1 Å². The lowest BCUT2D eigenvalue weighted by molar-refractivity contribution is -0.120. The first-order chi connectivity index (χ1) is 14.0. The van der Waals surface area contributed by atoms with Crippen LogP contribution in [0.3, 0.4) is 0 Å². The molecule has 8 heteroatoms. The number of aryl methyl sites for hydroxylation is 2. The average Bonchev–Trinajstić information content (AvgIpc) is 2.68. The number of halogens is 2. The van der Waals surface area contributed by atoms with Crippen LogP contribution < -0.4 is 5.32 Å². The maximum absolute atomic E-state index is 14.0. The van der Waals surface area contributed by atoms with Crippen molar-refractivity contribution in [1.29, 1.82) is 0 Å². The summed E-state index contributed by atoms with van der Waals surface area (Å²) in [6.45, 7) is 8.02. The Morgan fingerprint density at radius 2 is 1.63 bits per heavy atom. The lowest BCUT2D eigenvalue weighted by Crippen LogP contribution is -2.42. The van der Waals surface area contributed by atoms with E-state index in [9.17, 15) is 17.6 Å². The van der Waals surface area contributed by atoms with E-state index in [4.69, 9.17) is 0 Å². The van der Waals surface area contributed by atoms with Gasteiger partial charge in [0.25, 0.3) is 0 Å². The lowest BCUT2D eigenvalue weighted by atomic mass is 9.97. The predicted octanol–water partition coefficient (Wildman–Crippen LogP) is 4.86. The third-order valence-electron chi connectivity index (χ3n) is 5.91. The molecule has 1 amide bonds. The molecule has 162 valence electrons. The van der Waals surface area contributed by atoms with Crippen LogP contribution >= 0.6 is 15.9 Å². The molecule has 1 heterocycles. The highest BCUT2D eigenvalue weighted by atomic mass is 79.9. The lowest BCUT2D eigenvalue weighted by Gasteiger charge is -2.31. The Balaban J connectivity index is 1.73. The summed E-state index contributed by atoms with van der Waals surface area (Å²) >= 11 is 3.19. The number of anilines is 1. The molecule has 1 N–H and O–H groups in total. The van der Waals surface area contributed by atoms with Crippen LogP contribution in [0, 0.1) is 39.4 Å². The van der Waals surface area contributed by atoms with Gasteiger partial charge in [-0.15, -0.1) is 0 Å². The second-order valence-corrected chi connectivity index (χ2v) is 10.7. The average molecular weight is 497 g/mol. The maximum atomic E-state index is 14.0. The summed E-state index contributed by atoms with van der Waals surface area (Å²) in [7, 11) is -3.65. The summed E-state index contributed by atoms with van der Waals surface area (Å²) in [6, 6.07) is 6.45. The van der Waals surface area contributed by atoms with Crippen molar-refractivity contribution in [3.8, 4) is 0 Å². The molecular weight excluding hydrogens is 471 g/mol. The van der Waals surface area contributed by atoms with Crippen molar-refractivity contribution in [3.05, 3.63) is 56.8 Å². The molecule has 30 heavy (non-hydrogen) atoms. The molecule has 0 bridgehead atoms. The molecular formula is C22H26BrFN2O3S. The number of carbonyl (C=O) groups excluding carboxylic acids is 1. The van der Waals surface area contributed by atoms with Crippen molar-refractivity contribution in [2.45, 2.75) is 45.4 Å². The standard InChI is InChI=1S/C22H26BrFN2O3S/c1-13-11-14(2)16(4)21(15(13)3)30(28,29)26-9-7-17(8-10-26)22(27)25-20-6-5-18(23)12-19(20)24/h5-6,11-12,17H,7-10H2,1-4H3,(H,25,27). The second kappa shape index (κ2) is 8.77. The van der Waals surface area contributed by atoms with Crippen molar-refractivity contribution in [3.63, 3.8) is 0 Å². The van der Waals surface area contributed by atoms with Crippen molar-refractivity contribution in [2.75, 3.05) is 18.4 Å². The van der Waals surface area contributed by atoms with Gasteiger partial charge in [0.2, 0.25) is 15.9 Å². The molecule has 2 aromatic carbocycles. The van der Waals surface area contributed by atoms with Gasteiger partial charge in [-0.1, -0.05) is 22.0 Å². The van der Waals surface area contributed by atoms with Gasteiger partial charge in [0.05, 0.1) is 10.6 Å². The molecule has 2 aromatic rings. The summed E-state index contributed by atoms with van der Waals surface area (Å²) in [5.74, 6) is -1.16. The molecule has 1 fully saturated rings. The van der Waals surface area contributed by atoms with E-state index in [0.717, 1.165) is 22.3 Å². The quantitative estimate of drug-likeness (QED) is 0.656. The van der Waals surface area contributed by atoms with Crippen molar-refractivity contribution in [2.24, 2.45) is 5.92 Å². The maximum Gasteiger partial charge on any atom is 0.243 e. The number of nitrogens with zero attached hydrogens (tertiary/aromatic N) is 1. The largest absolute Gasteiger partial charge is 0.323 e. The van der Waals surface area contributed by atoms with Gasteiger partial charge in [0.1, 0.15) is 5.82 Å². The highest BCUT2D eigenvalue weighted by molar-refractivity contribution is 9.10. The zero-order valence-corrected chi connectivity index (χ0v) is 20.0. The molecule has 0 radical (unpaired) electrons. The van der Waals surface area contributed by atoms with Crippen LogP contribution in [0.15, 0.2) is 33.6 Å². The van der Waals surface area contributed by atoms with E-state index in [1.807, 2.05) is 33.8 Å². The van der Waals surface area contributed by atoms with E-state index in [-0.39, 0.29) is 30.6 Å². The first kappa shape index (κ1) is 22.9. The van der Waals surface area contributed by atoms with Crippen molar-refractivity contribution in [1.82, 2.24) is 4.31 Å². The molecule has 0 spiro atoms. The van der Waals surface area contributed by atoms with Gasteiger partial charge in [0, 0.05) is 23.5 Å². The number of carbonyl (C=O) groups is 1. The first-order valence-electron chi connectivity index (χ1n) is 9.86. The van der Waals surface area contributed by atoms with E-state index >= 15 is 0 Å². The monoisotopic (exact) mass is 496 g/mol. The Morgan fingerprint density at radius 3 is 2.17 bits per heavy atom. The normalized spacial score (nSPS) is 15.9. The molecule has 5 nitrogen and oxygen atoms in total. The van der Waals surface area contributed by atoms with Gasteiger partial charge in [-0.25, -0.2) is 12.8 Å². The van der Waals surface area contributed by atoms with Crippen LogP contribution in [0.2, 0.25) is 0 Å². The summed E-state index contributed by atoms with van der Waals surface area (Å²) in [4.78, 5) is 12.9. The fourth-order valence-corrected chi connectivity index (χ4v) is 6.26. The Morgan fingerprint density at radius 1 is 1.07 bits per heavy atom. The Labute approximate surface area is 185 Å². The third-order valence-corrected chi connectivity index (χ3v) is 8.58. The summed E-state index contributed by atoms with van der Waals surface area (Å²) < 4.78 is 42.7. The van der Waals surface area contributed by atoms with Gasteiger partial charge >= 0.3 is 0 Å². The Bertz CT molecular complexity index is 1070. The first-order valence-corrected chi connectivity index (χ1v) is 12.1. The number of nitrogens with one attached hydrogen (secondary N) is 1. The van der Waals surface area contributed by atoms with E-state index in [1.165, 1.54) is 16.4 Å². The van der Waals surface area contributed by atoms with Gasteiger partial charge in [-0.3, -0.25) is 4.79 Å². The number of sulfonamides is 1. The highest BCUT2D eigenvalue weighted by Crippen LogP contribution is 2.31. The van der Waals surface area contributed by atoms with Crippen LogP contribution in [-0.2, 0) is 14.8 Å². The SMILES string of the molecule is Cc1cc(C)c(C)c(S(=O)(=O)N2CCC(C(=O)Nc3ccc(Br)cc3F)CC2)c1C. The topological polar surface area (TPSA) is 66.5 Å². The molecule has 0 aromatic heterocycles. The van der Waals surface area contributed by atoms with Gasteiger partial charge in [-0.05, 0) is 81.0 Å². The van der Waals surface area contributed by atoms with Crippen LogP contribution in [0.25, 0.3) is 0 Å². The van der Waals surface area contributed by atoms with Crippen LogP contribution in [0.4, 0.5) is 10.1 Å². The molecule has 1 saturated heterocycles. The van der Waals surface area contributed by atoms with E-state index < -0.39 is 15.8 Å². The molecule has 3 rings (SSSR count). The zero-order valence-electron chi connectivity index (χ0n) is 17.6. The van der Waals surface area contributed by atoms with Crippen LogP contribution in [-0.4, -0.2) is 31.7 Å². The molecule has 0 saturated carbocycles. The molecule has 0 atom stereocenters. The zero-order chi connectivity index (χ0) is 22.2. The summed E-state index contributed by atoms with van der Waals surface area (Å²) in [5.41, 5.74) is 3.55. The predicted molar refractivity (Wildman–Crippen MR) is 120 cm³/mol. The fourth-order valence-electron chi connectivity index (χ4n) is 3.88.